The van der Waals surface area contributed by atoms with Crippen LogP contribution in [0.3, 0.4) is 0 Å². The number of ether oxygens (including phenoxy) is 1. The van der Waals surface area contributed by atoms with E-state index in [0.717, 1.165) is 23.0 Å². The van der Waals surface area contributed by atoms with Gasteiger partial charge in [0.15, 0.2) is 0 Å². The van der Waals surface area contributed by atoms with Gasteiger partial charge in [-0.3, -0.25) is 9.36 Å². The van der Waals surface area contributed by atoms with Gasteiger partial charge in [0.05, 0.1) is 12.2 Å². The minimum Gasteiger partial charge on any atom is -0.478 e. The Labute approximate surface area is 123 Å². The molecule has 1 fully saturated rings. The van der Waals surface area contributed by atoms with Crippen molar-refractivity contribution in [2.24, 2.45) is 0 Å². The van der Waals surface area contributed by atoms with E-state index >= 15 is 0 Å². The van der Waals surface area contributed by atoms with Crippen molar-refractivity contribution in [2.45, 2.75) is 24.4 Å². The lowest BCUT2D eigenvalue weighted by Gasteiger charge is -2.15. The predicted octanol–water partition coefficient (Wildman–Crippen LogP) is -2.47. The average molecular weight is 313 g/mol. The summed E-state index contributed by atoms with van der Waals surface area (Å²) in [4.78, 5) is 25.9. The van der Waals surface area contributed by atoms with Crippen molar-refractivity contribution >= 4 is 18.1 Å². The van der Waals surface area contributed by atoms with Gasteiger partial charge in [-0.25, -0.2) is 4.79 Å². The van der Waals surface area contributed by atoms with Crippen LogP contribution in [0.5, 0.6) is 0 Å². The van der Waals surface area contributed by atoms with Crippen molar-refractivity contribution in [3.63, 3.8) is 0 Å². The summed E-state index contributed by atoms with van der Waals surface area (Å²) in [5.41, 5.74) is 4.60. The first-order valence-corrected chi connectivity index (χ1v) is 6.27. The number of hydrogen-bond donors (Lipinski definition) is 5. The first-order chi connectivity index (χ1) is 10.3. The monoisotopic (exact) mass is 313 g/mol. The molecule has 0 spiro atoms. The average Bonchev–Trinajstić information content (AvgIpc) is 2.74. The number of carbonyl (C=O) groups is 1. The summed E-state index contributed by atoms with van der Waals surface area (Å²) in [5.74, 6) is -1.48. The second-order valence-electron chi connectivity index (χ2n) is 4.68. The van der Waals surface area contributed by atoms with E-state index in [2.05, 4.69) is 4.98 Å². The fourth-order valence-electron chi connectivity index (χ4n) is 2.11. The highest BCUT2D eigenvalue weighted by Crippen LogP contribution is 2.31. The van der Waals surface area contributed by atoms with E-state index in [1.165, 1.54) is 0 Å². The number of hydrogen-bond acceptors (Lipinski definition) is 8. The molecular formula is C12H15N3O7. The highest BCUT2D eigenvalue weighted by atomic mass is 16.6. The molecule has 4 atom stereocenters. The molecule has 1 aromatic rings. The van der Waals surface area contributed by atoms with Crippen LogP contribution < -0.4 is 11.3 Å². The van der Waals surface area contributed by atoms with Crippen LogP contribution in [0.2, 0.25) is 0 Å². The van der Waals surface area contributed by atoms with Crippen LogP contribution in [-0.2, 0) is 9.53 Å². The molecule has 2 rings (SSSR count). The highest BCUT2D eigenvalue weighted by molar-refractivity contribution is 5.83. The Hall–Kier alpha value is -2.27. The summed E-state index contributed by atoms with van der Waals surface area (Å²) in [6.07, 6.45) is -2.05. The largest absolute Gasteiger partial charge is 0.478 e. The Kier molecular flexibility index (Phi) is 4.56. The van der Waals surface area contributed by atoms with E-state index in [-0.39, 0.29) is 11.5 Å². The van der Waals surface area contributed by atoms with Gasteiger partial charge in [0.25, 0.3) is 5.56 Å². The van der Waals surface area contributed by atoms with Crippen LogP contribution in [0.15, 0.2) is 17.1 Å². The van der Waals surface area contributed by atoms with Gasteiger partial charge in [0.2, 0.25) is 5.95 Å². The first kappa shape index (κ1) is 16.1. The number of rotatable bonds is 4. The zero-order chi connectivity index (χ0) is 16.4. The van der Waals surface area contributed by atoms with Gasteiger partial charge in [0, 0.05) is 18.5 Å². The van der Waals surface area contributed by atoms with Gasteiger partial charge in [-0.15, -0.1) is 0 Å². The number of nitrogen functional groups attached to an aromatic ring is 1. The Morgan fingerprint density at radius 1 is 1.45 bits per heavy atom. The van der Waals surface area contributed by atoms with Crippen LogP contribution in [0, 0.1) is 0 Å². The lowest BCUT2D eigenvalue weighted by atomic mass is 10.0. The van der Waals surface area contributed by atoms with Gasteiger partial charge < -0.3 is 30.9 Å². The molecule has 6 N–H and O–H groups in total. The zero-order valence-electron chi connectivity index (χ0n) is 11.2. The minimum absolute atomic E-state index is 0.119. The fourth-order valence-corrected chi connectivity index (χ4v) is 2.11. The van der Waals surface area contributed by atoms with E-state index in [4.69, 9.17) is 20.7 Å². The number of carboxylic acids is 1. The number of aliphatic carboxylic acids is 1. The van der Waals surface area contributed by atoms with Gasteiger partial charge in [-0.1, -0.05) is 0 Å². The topological polar surface area (TPSA) is 168 Å². The first-order valence-electron chi connectivity index (χ1n) is 6.27. The molecule has 0 aromatic carbocycles. The molecule has 0 amide bonds. The third-order valence-corrected chi connectivity index (χ3v) is 3.23. The van der Waals surface area contributed by atoms with E-state index in [9.17, 15) is 19.8 Å². The number of anilines is 1. The molecule has 10 nitrogen and oxygen atoms in total. The molecular weight excluding hydrogens is 298 g/mol. The van der Waals surface area contributed by atoms with Crippen LogP contribution in [0.25, 0.3) is 6.20 Å². The summed E-state index contributed by atoms with van der Waals surface area (Å²) < 4.78 is 6.31. The van der Waals surface area contributed by atoms with Crippen molar-refractivity contribution in [3.05, 3.63) is 28.2 Å². The van der Waals surface area contributed by atoms with Gasteiger partial charge in [0.1, 0.15) is 24.4 Å². The fraction of sp³-hybridized carbons (Fsp3) is 0.417. The Morgan fingerprint density at radius 2 is 2.14 bits per heavy atom. The van der Waals surface area contributed by atoms with Crippen molar-refractivity contribution in [2.75, 3.05) is 12.3 Å². The standard InChI is InChI=1S/C12H15N3O7/c13-12-14-11(21)5(3-15(12)2-1-7(17)18)10-9(20)8(19)6(4-16)22-10/h1-3,6,8-10,16,19-20H,4H2,(H,17,18)(H2,13,14,21)/b2-1+. The number of aliphatic hydroxyl groups excluding tert-OH is 3. The van der Waals surface area contributed by atoms with E-state index in [0.29, 0.717) is 0 Å². The Morgan fingerprint density at radius 3 is 2.68 bits per heavy atom. The van der Waals surface area contributed by atoms with Gasteiger partial charge in [-0.2, -0.15) is 4.98 Å². The summed E-state index contributed by atoms with van der Waals surface area (Å²) in [6, 6.07) is 0. The lowest BCUT2D eigenvalue weighted by Crippen LogP contribution is -2.33. The maximum absolute atomic E-state index is 11.9. The lowest BCUT2D eigenvalue weighted by molar-refractivity contribution is -0.131. The van der Waals surface area contributed by atoms with Crippen molar-refractivity contribution in [1.82, 2.24) is 9.55 Å². The summed E-state index contributed by atoms with van der Waals surface area (Å²) >= 11 is 0. The van der Waals surface area contributed by atoms with E-state index in [1.54, 1.807) is 0 Å². The van der Waals surface area contributed by atoms with Crippen LogP contribution in [0.4, 0.5) is 5.95 Å². The molecule has 0 aliphatic carbocycles. The minimum atomic E-state index is -1.44. The summed E-state index contributed by atoms with van der Waals surface area (Å²) in [7, 11) is 0. The van der Waals surface area contributed by atoms with Crippen molar-refractivity contribution in [1.29, 1.82) is 0 Å². The Bertz CT molecular complexity index is 657. The third kappa shape index (κ3) is 2.99. The van der Waals surface area contributed by atoms with Crippen molar-refractivity contribution < 1.29 is 30.0 Å². The molecule has 1 saturated heterocycles. The second-order valence-corrected chi connectivity index (χ2v) is 4.68. The highest BCUT2D eigenvalue weighted by Gasteiger charge is 2.44. The van der Waals surface area contributed by atoms with Crippen LogP contribution in [0.1, 0.15) is 11.7 Å². The normalized spacial score (nSPS) is 28.3. The number of carboxylic acid groups (broad SMARTS) is 1. The Balaban J connectivity index is 2.41. The maximum atomic E-state index is 11.9. The molecule has 0 radical (unpaired) electrons. The molecule has 1 aromatic heterocycles. The molecule has 4 unspecified atom stereocenters. The second kappa shape index (κ2) is 6.23. The maximum Gasteiger partial charge on any atom is 0.329 e. The molecule has 120 valence electrons. The molecule has 1 aliphatic rings. The molecule has 0 saturated carbocycles. The van der Waals surface area contributed by atoms with Gasteiger partial charge >= 0.3 is 5.97 Å². The molecule has 22 heavy (non-hydrogen) atoms. The molecule has 2 heterocycles. The summed E-state index contributed by atoms with van der Waals surface area (Å²) in [6.45, 7) is -0.537. The summed E-state index contributed by atoms with van der Waals surface area (Å²) in [5, 5.41) is 37.2. The van der Waals surface area contributed by atoms with Gasteiger partial charge in [-0.05, 0) is 0 Å². The van der Waals surface area contributed by atoms with Crippen LogP contribution in [-0.4, -0.2) is 60.9 Å². The number of nitrogens with zero attached hydrogens (tertiary/aromatic N) is 2. The van der Waals surface area contributed by atoms with Crippen LogP contribution >= 0.6 is 0 Å². The number of aromatic nitrogens is 2. The molecule has 1 aliphatic heterocycles. The molecule has 0 bridgehead atoms. The quantitative estimate of drug-likeness (QED) is 0.378. The third-order valence-electron chi connectivity index (χ3n) is 3.23. The number of nitrogens with two attached hydrogens (primary N) is 1. The van der Waals surface area contributed by atoms with E-state index in [1.807, 2.05) is 0 Å². The predicted molar refractivity (Wildman–Crippen MR) is 72.6 cm³/mol. The zero-order valence-corrected chi connectivity index (χ0v) is 11.2. The smallest absolute Gasteiger partial charge is 0.329 e. The number of aliphatic hydroxyl groups is 3. The molecule has 10 heteroatoms. The van der Waals surface area contributed by atoms with Crippen molar-refractivity contribution in [3.8, 4) is 0 Å². The van der Waals surface area contributed by atoms with E-state index < -0.39 is 42.6 Å². The SMILES string of the molecule is Nc1nc(=O)c(C2OC(CO)C(O)C2O)cn1/C=C/C(=O)O.